The molecule has 3 rings (SSSR count). The Hall–Kier alpha value is -1.35. The van der Waals surface area contributed by atoms with E-state index in [1.54, 1.807) is 0 Å². The lowest BCUT2D eigenvalue weighted by atomic mass is 9.86. The van der Waals surface area contributed by atoms with Gasteiger partial charge in [0.05, 0.1) is 0 Å². The number of rotatable bonds is 3. The molecule has 0 radical (unpaired) electrons. The molecule has 21 heavy (non-hydrogen) atoms. The van der Waals surface area contributed by atoms with E-state index in [0.717, 1.165) is 31.1 Å². The van der Waals surface area contributed by atoms with Crippen molar-refractivity contribution in [3.63, 3.8) is 0 Å². The Morgan fingerprint density at radius 2 is 1.90 bits per heavy atom. The van der Waals surface area contributed by atoms with E-state index < -0.39 is 0 Å². The van der Waals surface area contributed by atoms with E-state index in [1.165, 1.54) is 11.1 Å². The van der Waals surface area contributed by atoms with Gasteiger partial charge in [-0.3, -0.25) is 4.90 Å². The van der Waals surface area contributed by atoms with Crippen molar-refractivity contribution in [2.24, 2.45) is 5.73 Å². The molecule has 2 aromatic carbocycles. The summed E-state index contributed by atoms with van der Waals surface area (Å²) in [6, 6.07) is 19.0. The van der Waals surface area contributed by atoms with Crippen LogP contribution in [0.25, 0.3) is 0 Å². The number of hydrogen-bond donors (Lipinski definition) is 1. The van der Waals surface area contributed by atoms with Crippen molar-refractivity contribution in [1.82, 2.24) is 4.90 Å². The van der Waals surface area contributed by atoms with Gasteiger partial charge in [-0.1, -0.05) is 54.1 Å². The summed E-state index contributed by atoms with van der Waals surface area (Å²) in [7, 11) is 0. The van der Waals surface area contributed by atoms with Crippen LogP contribution in [0, 0.1) is 0 Å². The molecule has 1 saturated heterocycles. The Balaban J connectivity index is 1.73. The quantitative estimate of drug-likeness (QED) is 0.937. The monoisotopic (exact) mass is 300 g/mol. The first-order valence-electron chi connectivity index (χ1n) is 7.50. The van der Waals surface area contributed by atoms with E-state index in [4.69, 9.17) is 17.3 Å². The highest BCUT2D eigenvalue weighted by Crippen LogP contribution is 2.28. The van der Waals surface area contributed by atoms with Crippen molar-refractivity contribution in [3.8, 4) is 0 Å². The van der Waals surface area contributed by atoms with Crippen LogP contribution in [0.1, 0.15) is 23.5 Å². The molecular weight excluding hydrogens is 280 g/mol. The van der Waals surface area contributed by atoms with Gasteiger partial charge >= 0.3 is 0 Å². The summed E-state index contributed by atoms with van der Waals surface area (Å²) < 4.78 is 0. The number of benzene rings is 2. The Morgan fingerprint density at radius 1 is 1.10 bits per heavy atom. The minimum atomic E-state index is 0.218. The molecular formula is C18H21ClN2. The first-order chi connectivity index (χ1) is 10.2. The van der Waals surface area contributed by atoms with Crippen LogP contribution in [-0.2, 0) is 6.54 Å². The van der Waals surface area contributed by atoms with E-state index in [2.05, 4.69) is 47.4 Å². The van der Waals surface area contributed by atoms with Crippen LogP contribution in [0.2, 0.25) is 5.02 Å². The number of hydrogen-bond acceptors (Lipinski definition) is 2. The topological polar surface area (TPSA) is 29.3 Å². The zero-order valence-corrected chi connectivity index (χ0v) is 12.8. The van der Waals surface area contributed by atoms with Crippen LogP contribution >= 0.6 is 11.6 Å². The van der Waals surface area contributed by atoms with Gasteiger partial charge in [0.25, 0.3) is 0 Å². The smallest absolute Gasteiger partial charge is 0.0408 e. The molecule has 1 aliphatic heterocycles. The second kappa shape index (κ2) is 6.61. The summed E-state index contributed by atoms with van der Waals surface area (Å²) in [4.78, 5) is 2.49. The molecule has 1 heterocycles. The van der Waals surface area contributed by atoms with Crippen molar-refractivity contribution in [3.05, 3.63) is 70.7 Å². The van der Waals surface area contributed by atoms with Crippen molar-refractivity contribution >= 4 is 11.6 Å². The van der Waals surface area contributed by atoms with Gasteiger partial charge in [0.2, 0.25) is 0 Å². The molecule has 3 heteroatoms. The van der Waals surface area contributed by atoms with Gasteiger partial charge in [-0.15, -0.1) is 0 Å². The summed E-state index contributed by atoms with van der Waals surface area (Å²) in [5.41, 5.74) is 8.96. The largest absolute Gasteiger partial charge is 0.327 e. The molecule has 0 unspecified atom stereocenters. The lowest BCUT2D eigenvalue weighted by molar-refractivity contribution is 0.183. The molecule has 2 N–H and O–H groups in total. The van der Waals surface area contributed by atoms with Crippen molar-refractivity contribution in [2.45, 2.75) is 24.9 Å². The van der Waals surface area contributed by atoms with Crippen LogP contribution < -0.4 is 5.73 Å². The Bertz CT molecular complexity index is 585. The maximum Gasteiger partial charge on any atom is 0.0408 e. The molecule has 2 atom stereocenters. The fraction of sp³-hybridized carbons (Fsp3) is 0.333. The van der Waals surface area contributed by atoms with Crippen LogP contribution in [0.3, 0.4) is 0 Å². The van der Waals surface area contributed by atoms with E-state index in [0.29, 0.717) is 5.92 Å². The lowest BCUT2D eigenvalue weighted by Crippen LogP contribution is -2.45. The highest BCUT2D eigenvalue weighted by atomic mass is 35.5. The Labute approximate surface area is 131 Å². The van der Waals surface area contributed by atoms with E-state index in [9.17, 15) is 0 Å². The molecule has 0 bridgehead atoms. The first-order valence-corrected chi connectivity index (χ1v) is 7.87. The Kier molecular flexibility index (Phi) is 4.59. The average molecular weight is 301 g/mol. The summed E-state index contributed by atoms with van der Waals surface area (Å²) in [5, 5.41) is 0.792. The summed E-state index contributed by atoms with van der Waals surface area (Å²) in [6.45, 7) is 3.05. The van der Waals surface area contributed by atoms with Crippen molar-refractivity contribution in [2.75, 3.05) is 13.1 Å². The van der Waals surface area contributed by atoms with Gasteiger partial charge < -0.3 is 5.73 Å². The summed E-state index contributed by atoms with van der Waals surface area (Å²) in [6.07, 6.45) is 1.03. The predicted molar refractivity (Wildman–Crippen MR) is 88.5 cm³/mol. The number of nitrogens with zero attached hydrogens (tertiary/aromatic N) is 1. The molecule has 2 nitrogen and oxygen atoms in total. The third-order valence-corrected chi connectivity index (χ3v) is 4.51. The lowest BCUT2D eigenvalue weighted by Gasteiger charge is -2.37. The molecule has 0 spiro atoms. The second-order valence-corrected chi connectivity index (χ2v) is 6.27. The maximum absolute atomic E-state index is 6.35. The molecule has 110 valence electrons. The molecule has 0 saturated carbocycles. The van der Waals surface area contributed by atoms with Crippen molar-refractivity contribution in [1.29, 1.82) is 0 Å². The average Bonchev–Trinajstić information content (AvgIpc) is 2.50. The fourth-order valence-electron chi connectivity index (χ4n) is 3.11. The highest BCUT2D eigenvalue weighted by molar-refractivity contribution is 6.30. The minimum absolute atomic E-state index is 0.218. The molecule has 1 aliphatic rings. The van der Waals surface area contributed by atoms with Crippen molar-refractivity contribution < 1.29 is 0 Å². The molecule has 1 fully saturated rings. The van der Waals surface area contributed by atoms with Crippen LogP contribution in [0.5, 0.6) is 0 Å². The number of piperidine rings is 1. The zero-order valence-electron chi connectivity index (χ0n) is 12.1. The van der Waals surface area contributed by atoms with E-state index >= 15 is 0 Å². The molecule has 0 aromatic heterocycles. The number of halogens is 1. The predicted octanol–water partition coefficient (Wildman–Crippen LogP) is 3.66. The third-order valence-electron chi connectivity index (χ3n) is 4.28. The maximum atomic E-state index is 6.35. The van der Waals surface area contributed by atoms with Gasteiger partial charge in [0, 0.05) is 36.6 Å². The third kappa shape index (κ3) is 3.65. The first kappa shape index (κ1) is 14.6. The molecule has 0 aliphatic carbocycles. The SMILES string of the molecule is N[C@@H]1CCN(Cc2ccccc2)C[C@@H]1c1cccc(Cl)c1. The van der Waals surface area contributed by atoms with Crippen LogP contribution in [0.15, 0.2) is 54.6 Å². The fourth-order valence-corrected chi connectivity index (χ4v) is 3.31. The Morgan fingerprint density at radius 3 is 2.67 bits per heavy atom. The van der Waals surface area contributed by atoms with E-state index in [-0.39, 0.29) is 6.04 Å². The normalized spacial score (nSPS) is 23.1. The second-order valence-electron chi connectivity index (χ2n) is 5.83. The minimum Gasteiger partial charge on any atom is -0.327 e. The molecule has 0 amide bonds. The van der Waals surface area contributed by atoms with Crippen LogP contribution in [-0.4, -0.2) is 24.0 Å². The van der Waals surface area contributed by atoms with Gasteiger partial charge in [0.15, 0.2) is 0 Å². The van der Waals surface area contributed by atoms with Gasteiger partial charge in [-0.25, -0.2) is 0 Å². The van der Waals surface area contributed by atoms with Gasteiger partial charge in [-0.2, -0.15) is 0 Å². The standard InChI is InChI=1S/C18H21ClN2/c19-16-8-4-7-15(11-16)17-13-21(10-9-18(17)20)12-14-5-2-1-3-6-14/h1-8,11,17-18H,9-10,12-13,20H2/t17-,18-/m1/s1. The number of nitrogens with two attached hydrogens (primary N) is 1. The highest BCUT2D eigenvalue weighted by Gasteiger charge is 2.27. The zero-order chi connectivity index (χ0) is 14.7. The molecule has 2 aromatic rings. The van der Waals surface area contributed by atoms with Gasteiger partial charge in [-0.05, 0) is 29.7 Å². The summed E-state index contributed by atoms with van der Waals surface area (Å²) >= 11 is 6.12. The number of likely N-dealkylation sites (tertiary alicyclic amines) is 1. The van der Waals surface area contributed by atoms with E-state index in [1.807, 2.05) is 12.1 Å². The summed E-state index contributed by atoms with van der Waals surface area (Å²) in [5.74, 6) is 0.362. The van der Waals surface area contributed by atoms with Crippen LogP contribution in [0.4, 0.5) is 0 Å². The van der Waals surface area contributed by atoms with Gasteiger partial charge in [0.1, 0.15) is 0 Å².